The molecule has 0 fully saturated rings. The largest absolute Gasteiger partial charge is 0.387 e. The van der Waals surface area contributed by atoms with E-state index in [1.165, 1.54) is 23.5 Å². The van der Waals surface area contributed by atoms with E-state index in [-0.39, 0.29) is 23.2 Å². The predicted octanol–water partition coefficient (Wildman–Crippen LogP) is 4.26. The lowest BCUT2D eigenvalue weighted by Gasteiger charge is -2.20. The van der Waals surface area contributed by atoms with Crippen molar-refractivity contribution >= 4 is 44.7 Å². The lowest BCUT2D eigenvalue weighted by molar-refractivity contribution is -0.384. The Kier molecular flexibility index (Phi) is 8.03. The van der Waals surface area contributed by atoms with E-state index in [1.807, 2.05) is 24.1 Å². The smallest absolute Gasteiger partial charge is 0.269 e. The fourth-order valence-electron chi connectivity index (χ4n) is 3.98. The van der Waals surface area contributed by atoms with Crippen LogP contribution in [0.15, 0.2) is 65.6 Å². The first-order valence-electron chi connectivity index (χ1n) is 11.4. The van der Waals surface area contributed by atoms with Gasteiger partial charge in [0.2, 0.25) is 5.43 Å². The van der Waals surface area contributed by atoms with E-state index in [4.69, 9.17) is 11.6 Å². The lowest BCUT2D eigenvalue weighted by Crippen LogP contribution is -2.29. The Balaban J connectivity index is 1.45. The number of carbonyl (C=O) groups excluding carboxylic acids is 1. The molecule has 192 valence electrons. The summed E-state index contributed by atoms with van der Waals surface area (Å²) in [7, 11) is 3.63. The van der Waals surface area contributed by atoms with Gasteiger partial charge in [0.15, 0.2) is 0 Å². The van der Waals surface area contributed by atoms with E-state index in [2.05, 4.69) is 5.32 Å². The molecule has 0 spiro atoms. The van der Waals surface area contributed by atoms with Crippen LogP contribution in [0.1, 0.15) is 32.5 Å². The maximum absolute atomic E-state index is 13.1. The molecule has 4 rings (SSSR count). The minimum atomic E-state index is -0.831. The van der Waals surface area contributed by atoms with Gasteiger partial charge in [-0.1, -0.05) is 23.7 Å². The van der Waals surface area contributed by atoms with Gasteiger partial charge in [-0.05, 0) is 48.5 Å². The molecule has 9 nitrogen and oxygen atoms in total. The molecular formula is C26H25ClN4O5S. The molecule has 0 bridgehead atoms. The molecule has 0 saturated heterocycles. The van der Waals surface area contributed by atoms with E-state index in [9.17, 15) is 24.8 Å². The van der Waals surface area contributed by atoms with Gasteiger partial charge >= 0.3 is 0 Å². The molecule has 1 atom stereocenters. The van der Waals surface area contributed by atoms with Crippen LogP contribution in [0.3, 0.4) is 0 Å². The highest BCUT2D eigenvalue weighted by Gasteiger charge is 2.18. The Morgan fingerprint density at radius 1 is 1.22 bits per heavy atom. The summed E-state index contributed by atoms with van der Waals surface area (Å²) in [5.41, 5.74) is 1.14. The van der Waals surface area contributed by atoms with E-state index in [0.29, 0.717) is 29.1 Å². The molecule has 0 saturated carbocycles. The van der Waals surface area contributed by atoms with Crippen molar-refractivity contribution in [1.29, 1.82) is 0 Å². The number of rotatable bonds is 9. The van der Waals surface area contributed by atoms with Gasteiger partial charge in [-0.15, -0.1) is 11.3 Å². The zero-order valence-corrected chi connectivity index (χ0v) is 21.8. The molecule has 11 heteroatoms. The van der Waals surface area contributed by atoms with Crippen LogP contribution in [-0.4, -0.2) is 39.0 Å². The van der Waals surface area contributed by atoms with E-state index in [1.54, 1.807) is 48.1 Å². The number of halogens is 1. The third-order valence-electron chi connectivity index (χ3n) is 5.91. The van der Waals surface area contributed by atoms with Gasteiger partial charge in [0, 0.05) is 54.9 Å². The normalized spacial score (nSPS) is 12.1. The number of hydrogen-bond acceptors (Lipinski definition) is 7. The Hall–Kier alpha value is -3.57. The van der Waals surface area contributed by atoms with Gasteiger partial charge in [0.05, 0.1) is 16.4 Å². The Bertz CT molecular complexity index is 1500. The second-order valence-corrected chi connectivity index (χ2v) is 10.3. The molecule has 0 aliphatic carbocycles. The number of nitrogens with one attached hydrogen (secondary N) is 1. The SMILES string of the molecule is CN(Cc1cc2c(=O)c(C(=O)NCc3ccc(Cl)cc3)cn(C)c2s1)C[C@@H](O)c1ccc([N+](=O)[O-])cc1. The summed E-state index contributed by atoms with van der Waals surface area (Å²) < 4.78 is 1.77. The Labute approximate surface area is 221 Å². The minimum Gasteiger partial charge on any atom is -0.387 e. The molecule has 1 amide bonds. The van der Waals surface area contributed by atoms with Crippen molar-refractivity contribution in [2.45, 2.75) is 19.2 Å². The molecule has 0 unspecified atom stereocenters. The lowest BCUT2D eigenvalue weighted by atomic mass is 10.1. The van der Waals surface area contributed by atoms with Crippen LogP contribution in [0.4, 0.5) is 5.69 Å². The second-order valence-electron chi connectivity index (χ2n) is 8.78. The number of likely N-dealkylation sites (N-methyl/N-ethyl adjacent to an activating group) is 1. The first-order valence-corrected chi connectivity index (χ1v) is 12.6. The summed E-state index contributed by atoms with van der Waals surface area (Å²) in [4.78, 5) is 39.8. The molecule has 2 heterocycles. The third-order valence-corrected chi connectivity index (χ3v) is 7.37. The monoisotopic (exact) mass is 540 g/mol. The molecule has 4 aromatic rings. The summed E-state index contributed by atoms with van der Waals surface area (Å²) in [6.07, 6.45) is 0.715. The summed E-state index contributed by atoms with van der Waals surface area (Å²) in [6.45, 7) is 1.04. The van der Waals surface area contributed by atoms with Gasteiger partial charge in [0.1, 0.15) is 10.4 Å². The van der Waals surface area contributed by atoms with Crippen LogP contribution >= 0.6 is 22.9 Å². The Morgan fingerprint density at radius 3 is 2.54 bits per heavy atom. The molecule has 0 radical (unpaired) electrons. The maximum atomic E-state index is 13.1. The summed E-state index contributed by atoms with van der Waals surface area (Å²) >= 11 is 7.35. The number of fused-ring (bicyclic) bond motifs is 1. The number of aromatic nitrogens is 1. The zero-order valence-electron chi connectivity index (χ0n) is 20.2. The first kappa shape index (κ1) is 26.5. The average molecular weight is 541 g/mol. The van der Waals surface area contributed by atoms with E-state index in [0.717, 1.165) is 15.3 Å². The number of aryl methyl sites for hydroxylation is 1. The molecule has 2 N–H and O–H groups in total. The minimum absolute atomic E-state index is 0.0334. The second kappa shape index (κ2) is 11.2. The van der Waals surface area contributed by atoms with Gasteiger partial charge in [-0.25, -0.2) is 0 Å². The van der Waals surface area contributed by atoms with Gasteiger partial charge < -0.3 is 15.0 Å². The van der Waals surface area contributed by atoms with Gasteiger partial charge in [-0.3, -0.25) is 24.6 Å². The summed E-state index contributed by atoms with van der Waals surface area (Å²) in [5.74, 6) is -0.450. The van der Waals surface area contributed by atoms with Crippen molar-refractivity contribution in [2.75, 3.05) is 13.6 Å². The number of pyridine rings is 1. The molecule has 37 heavy (non-hydrogen) atoms. The summed E-state index contributed by atoms with van der Waals surface area (Å²) in [6, 6.07) is 14.7. The van der Waals surface area contributed by atoms with Crippen LogP contribution < -0.4 is 10.7 Å². The predicted molar refractivity (Wildman–Crippen MR) is 144 cm³/mol. The first-order chi connectivity index (χ1) is 17.6. The highest BCUT2D eigenvalue weighted by Crippen LogP contribution is 2.25. The molecule has 0 aliphatic rings. The topological polar surface area (TPSA) is 118 Å². The number of benzene rings is 2. The van der Waals surface area contributed by atoms with Crippen LogP contribution in [0.5, 0.6) is 0 Å². The molecule has 0 aliphatic heterocycles. The quantitative estimate of drug-likeness (QED) is 0.242. The molecular weight excluding hydrogens is 516 g/mol. The van der Waals surface area contributed by atoms with Crippen molar-refractivity contribution in [3.05, 3.63) is 108 Å². The number of nitro benzene ring substituents is 1. The fourth-order valence-corrected chi connectivity index (χ4v) is 5.28. The maximum Gasteiger partial charge on any atom is 0.269 e. The van der Waals surface area contributed by atoms with Gasteiger partial charge in [-0.2, -0.15) is 0 Å². The number of aliphatic hydroxyl groups is 1. The zero-order chi connectivity index (χ0) is 26.7. The van der Waals surface area contributed by atoms with Crippen LogP contribution in [0.2, 0.25) is 5.02 Å². The number of thiophene rings is 1. The summed E-state index contributed by atoms with van der Waals surface area (Å²) in [5, 5.41) is 25.2. The van der Waals surface area contributed by atoms with Crippen LogP contribution in [-0.2, 0) is 20.1 Å². The van der Waals surface area contributed by atoms with Crippen molar-refractivity contribution in [1.82, 2.24) is 14.8 Å². The van der Waals surface area contributed by atoms with Crippen LogP contribution in [0.25, 0.3) is 10.2 Å². The number of amides is 1. The standard InChI is InChI=1S/C26H25ClN4O5S/c1-29(15-23(32)17-5-9-19(10-6-17)31(35)36)13-20-11-21-24(33)22(14-30(2)26(21)37-20)25(34)28-12-16-3-7-18(27)8-4-16/h3-11,14,23,32H,12-13,15H2,1-2H3,(H,28,34)/t23-/m1/s1. The van der Waals surface area contributed by atoms with Gasteiger partial charge in [0.25, 0.3) is 11.6 Å². The fraction of sp³-hybridized carbons (Fsp3) is 0.231. The highest BCUT2D eigenvalue weighted by atomic mass is 35.5. The highest BCUT2D eigenvalue weighted by molar-refractivity contribution is 7.18. The number of nitrogens with zero attached hydrogens (tertiary/aromatic N) is 3. The molecule has 2 aromatic heterocycles. The number of non-ortho nitro benzene ring substituents is 1. The van der Waals surface area contributed by atoms with Crippen molar-refractivity contribution in [3.8, 4) is 0 Å². The Morgan fingerprint density at radius 2 is 1.89 bits per heavy atom. The van der Waals surface area contributed by atoms with Crippen molar-refractivity contribution in [2.24, 2.45) is 7.05 Å². The third kappa shape index (κ3) is 6.23. The average Bonchev–Trinajstić information content (AvgIpc) is 3.30. The molecule has 2 aromatic carbocycles. The van der Waals surface area contributed by atoms with Crippen LogP contribution in [0, 0.1) is 10.1 Å². The van der Waals surface area contributed by atoms with Crippen molar-refractivity contribution < 1.29 is 14.8 Å². The number of hydrogen-bond donors (Lipinski definition) is 2. The van der Waals surface area contributed by atoms with E-state index < -0.39 is 16.9 Å². The number of carbonyl (C=O) groups is 1. The number of nitro groups is 1. The van der Waals surface area contributed by atoms with Crippen molar-refractivity contribution in [3.63, 3.8) is 0 Å². The number of aliphatic hydroxyl groups excluding tert-OH is 1. The van der Waals surface area contributed by atoms with E-state index >= 15 is 0 Å².